The van der Waals surface area contributed by atoms with Gasteiger partial charge in [0.2, 0.25) is 0 Å². The van der Waals surface area contributed by atoms with Crippen molar-refractivity contribution in [2.24, 2.45) is 0 Å². The number of hydrogen-bond donors (Lipinski definition) is 0. The maximum atomic E-state index is 12.1. The quantitative estimate of drug-likeness (QED) is 0.276. The number of para-hydroxylation sites is 2. The normalized spacial score (nSPS) is 11.6. The molecule has 4 aromatic rings. The minimum absolute atomic E-state index is 0.0811. The fraction of sp³-hybridized carbons (Fsp3) is 0.0769. The van der Waals surface area contributed by atoms with Gasteiger partial charge in [-0.05, 0) is 59.7 Å². The Bertz CT molecular complexity index is 1370. The molecule has 0 aliphatic rings. The second-order valence-corrected chi connectivity index (χ2v) is 9.94. The van der Waals surface area contributed by atoms with E-state index in [1.54, 1.807) is 60.7 Å². The fourth-order valence-electron chi connectivity index (χ4n) is 3.27. The summed E-state index contributed by atoms with van der Waals surface area (Å²) >= 11 is 0. The Hall–Kier alpha value is -4.02. The van der Waals surface area contributed by atoms with E-state index in [2.05, 4.69) is 0 Å². The molecule has 0 fully saturated rings. The highest BCUT2D eigenvalue weighted by molar-refractivity contribution is 7.82. The van der Waals surface area contributed by atoms with Crippen LogP contribution in [0, 0.1) is 0 Å². The summed E-state index contributed by atoms with van der Waals surface area (Å²) in [6, 6.07) is 29.2. The molecule has 0 amide bonds. The first kappa shape index (κ1) is 25.1. The minimum Gasteiger partial charge on any atom is -0.353 e. The summed E-state index contributed by atoms with van der Waals surface area (Å²) in [7, 11) is -8.57. The predicted molar refractivity (Wildman–Crippen MR) is 134 cm³/mol. The van der Waals surface area contributed by atoms with Gasteiger partial charge in [0.1, 0.15) is 23.0 Å². The molecule has 0 saturated carbocycles. The fourth-order valence-corrected chi connectivity index (χ4v) is 4.73. The molecule has 36 heavy (non-hydrogen) atoms. The minimum atomic E-state index is -4.29. The first-order chi connectivity index (χ1) is 17.2. The van der Waals surface area contributed by atoms with E-state index >= 15 is 0 Å². The lowest BCUT2D eigenvalue weighted by molar-refractivity contribution is 0.390. The van der Waals surface area contributed by atoms with Gasteiger partial charge in [0.15, 0.2) is 0 Å². The van der Waals surface area contributed by atoms with Crippen LogP contribution in [0.1, 0.15) is 24.0 Å². The van der Waals surface area contributed by atoms with Crippen LogP contribution in [0.3, 0.4) is 0 Å². The number of hydrogen-bond acceptors (Lipinski definition) is 8. The summed E-state index contributed by atoms with van der Waals surface area (Å²) in [5, 5.41) is 0. The van der Waals surface area contributed by atoms with Crippen molar-refractivity contribution in [3.63, 3.8) is 0 Å². The van der Waals surface area contributed by atoms with Crippen LogP contribution in [0.25, 0.3) is 0 Å². The second kappa shape index (κ2) is 10.7. The van der Waals surface area contributed by atoms with E-state index in [4.69, 9.17) is 16.7 Å². The van der Waals surface area contributed by atoms with Crippen molar-refractivity contribution in [1.82, 2.24) is 0 Å². The van der Waals surface area contributed by atoms with E-state index in [9.17, 15) is 16.8 Å². The zero-order chi connectivity index (χ0) is 25.6. The average molecular weight is 527 g/mol. The number of benzene rings is 4. The van der Waals surface area contributed by atoms with Gasteiger partial charge >= 0.3 is 20.8 Å². The highest BCUT2D eigenvalue weighted by Crippen LogP contribution is 2.28. The molecular formula is C26H22O8S2. The maximum absolute atomic E-state index is 12.1. The Morgan fingerprint density at radius 2 is 0.722 bits per heavy atom. The van der Waals surface area contributed by atoms with E-state index in [0.29, 0.717) is 0 Å². The lowest BCUT2D eigenvalue weighted by Crippen LogP contribution is -2.16. The third-order valence-corrected chi connectivity index (χ3v) is 6.63. The van der Waals surface area contributed by atoms with Gasteiger partial charge in [-0.2, -0.15) is 0 Å². The summed E-state index contributed by atoms with van der Waals surface area (Å²) in [6.45, 7) is 1.95. The van der Waals surface area contributed by atoms with Gasteiger partial charge in [-0.1, -0.05) is 67.6 Å². The molecule has 0 saturated heterocycles. The Kier molecular flexibility index (Phi) is 7.47. The molecule has 0 aromatic heterocycles. The highest BCUT2D eigenvalue weighted by atomic mass is 32.3. The third-order valence-electron chi connectivity index (χ3n) is 5.04. The van der Waals surface area contributed by atoms with Crippen molar-refractivity contribution in [1.29, 1.82) is 0 Å². The van der Waals surface area contributed by atoms with Crippen molar-refractivity contribution in [2.45, 2.75) is 12.8 Å². The van der Waals surface area contributed by atoms with Crippen LogP contribution in [0.15, 0.2) is 109 Å². The van der Waals surface area contributed by atoms with Gasteiger partial charge in [-0.15, -0.1) is 16.8 Å². The van der Waals surface area contributed by atoms with E-state index < -0.39 is 20.8 Å². The Balaban J connectivity index is 1.38. The summed E-state index contributed by atoms with van der Waals surface area (Å²) in [6.07, 6.45) is 0. The standard InChI is InChI=1S/C26H22O8S2/c1-20(21-12-16-25(17-13-21)33-35(27,28)31-23-8-4-2-5-9-23)22-14-18-26(19-15-22)34-36(29,30)32-24-10-6-3-7-11-24/h2-20H,1H3. The molecule has 186 valence electrons. The van der Waals surface area contributed by atoms with Gasteiger partial charge in [0.25, 0.3) is 0 Å². The van der Waals surface area contributed by atoms with Gasteiger partial charge < -0.3 is 16.7 Å². The second-order valence-electron chi connectivity index (χ2n) is 7.64. The molecule has 0 bridgehead atoms. The maximum Gasteiger partial charge on any atom is 0.500 e. The number of rotatable bonds is 10. The lowest BCUT2D eigenvalue weighted by atomic mass is 9.93. The van der Waals surface area contributed by atoms with Crippen LogP contribution in [0.5, 0.6) is 23.0 Å². The zero-order valence-corrected chi connectivity index (χ0v) is 20.7. The molecule has 4 rings (SSSR count). The van der Waals surface area contributed by atoms with E-state index in [0.717, 1.165) is 11.1 Å². The molecule has 0 radical (unpaired) electrons. The monoisotopic (exact) mass is 526 g/mol. The summed E-state index contributed by atoms with van der Waals surface area (Å²) in [4.78, 5) is 0. The molecule has 0 heterocycles. The highest BCUT2D eigenvalue weighted by Gasteiger charge is 2.18. The molecule has 0 N–H and O–H groups in total. The molecule has 0 aliphatic heterocycles. The van der Waals surface area contributed by atoms with E-state index in [-0.39, 0.29) is 28.9 Å². The molecule has 0 unspecified atom stereocenters. The van der Waals surface area contributed by atoms with E-state index in [1.165, 1.54) is 48.5 Å². The first-order valence-corrected chi connectivity index (χ1v) is 13.4. The SMILES string of the molecule is CC(c1ccc(OS(=O)(=O)Oc2ccccc2)cc1)c1ccc(OS(=O)(=O)Oc2ccccc2)cc1. The van der Waals surface area contributed by atoms with Crippen LogP contribution >= 0.6 is 0 Å². The van der Waals surface area contributed by atoms with Gasteiger partial charge in [-0.3, -0.25) is 0 Å². The van der Waals surface area contributed by atoms with Crippen molar-refractivity contribution < 1.29 is 33.6 Å². The average Bonchev–Trinajstić information content (AvgIpc) is 2.85. The predicted octanol–water partition coefficient (Wildman–Crippen LogP) is 5.24. The van der Waals surface area contributed by atoms with Crippen LogP contribution in [0.2, 0.25) is 0 Å². The molecule has 10 heteroatoms. The van der Waals surface area contributed by atoms with Crippen LogP contribution < -0.4 is 16.7 Å². The van der Waals surface area contributed by atoms with Gasteiger partial charge in [0, 0.05) is 5.92 Å². The van der Waals surface area contributed by atoms with Crippen molar-refractivity contribution >= 4 is 20.8 Å². The molecule has 8 nitrogen and oxygen atoms in total. The summed E-state index contributed by atoms with van der Waals surface area (Å²) in [5.41, 5.74) is 1.77. The molecular weight excluding hydrogens is 504 g/mol. The largest absolute Gasteiger partial charge is 0.500 e. The Morgan fingerprint density at radius 1 is 0.444 bits per heavy atom. The summed E-state index contributed by atoms with van der Waals surface area (Å²) < 4.78 is 68.4. The third kappa shape index (κ3) is 7.00. The van der Waals surface area contributed by atoms with Crippen LogP contribution in [-0.2, 0) is 20.8 Å². The molecule has 0 atom stereocenters. The van der Waals surface area contributed by atoms with Crippen LogP contribution in [0.4, 0.5) is 0 Å². The van der Waals surface area contributed by atoms with Crippen molar-refractivity contribution in [3.8, 4) is 23.0 Å². The van der Waals surface area contributed by atoms with Crippen molar-refractivity contribution in [2.75, 3.05) is 0 Å². The van der Waals surface area contributed by atoms with Gasteiger partial charge in [0.05, 0.1) is 0 Å². The molecule has 0 aliphatic carbocycles. The van der Waals surface area contributed by atoms with E-state index in [1.807, 2.05) is 6.92 Å². The molecule has 0 spiro atoms. The topological polar surface area (TPSA) is 105 Å². The zero-order valence-electron chi connectivity index (χ0n) is 19.1. The smallest absolute Gasteiger partial charge is 0.353 e. The Morgan fingerprint density at radius 3 is 1.03 bits per heavy atom. The lowest BCUT2D eigenvalue weighted by Gasteiger charge is -2.14. The Labute approximate surface area is 210 Å². The van der Waals surface area contributed by atoms with Gasteiger partial charge in [-0.25, -0.2) is 0 Å². The van der Waals surface area contributed by atoms with Crippen LogP contribution in [-0.4, -0.2) is 16.8 Å². The van der Waals surface area contributed by atoms with Crippen molar-refractivity contribution in [3.05, 3.63) is 120 Å². The first-order valence-electron chi connectivity index (χ1n) is 10.8. The molecule has 4 aromatic carbocycles. The summed E-state index contributed by atoms with van der Waals surface area (Å²) in [5.74, 6) is 0.426.